The Morgan fingerprint density at radius 3 is 2.25 bits per heavy atom. The lowest BCUT2D eigenvalue weighted by Crippen LogP contribution is -2.36. The second-order valence-electron chi connectivity index (χ2n) is 5.45. The van der Waals surface area contributed by atoms with Crippen molar-refractivity contribution in [3.05, 3.63) is 24.3 Å². The van der Waals surface area contributed by atoms with E-state index in [-0.39, 0.29) is 49.7 Å². The summed E-state index contributed by atoms with van der Waals surface area (Å²) in [6.07, 6.45) is 4.87. The van der Waals surface area contributed by atoms with E-state index in [0.717, 1.165) is 24.5 Å². The molecule has 4 N–H and O–H groups in total. The zero-order valence-electron chi connectivity index (χ0n) is 13.6. The number of hydrogen-bond donors (Lipinski definition) is 3. The van der Waals surface area contributed by atoms with Gasteiger partial charge in [0.2, 0.25) is 11.8 Å². The first-order valence-electron chi connectivity index (χ1n) is 7.81. The summed E-state index contributed by atoms with van der Waals surface area (Å²) < 4.78 is 0. The first-order chi connectivity index (χ1) is 10.7. The molecule has 0 bridgehead atoms. The molecule has 1 heterocycles. The van der Waals surface area contributed by atoms with E-state index in [1.807, 2.05) is 24.3 Å². The molecular formula is C16H26Cl2N4O2. The van der Waals surface area contributed by atoms with Gasteiger partial charge in [-0.1, -0.05) is 25.0 Å². The van der Waals surface area contributed by atoms with Crippen LogP contribution < -0.4 is 21.3 Å². The number of halogens is 2. The Kier molecular flexibility index (Phi) is 11.2. The van der Waals surface area contributed by atoms with Gasteiger partial charge in [-0.25, -0.2) is 0 Å². The van der Waals surface area contributed by atoms with Crippen molar-refractivity contribution in [3.8, 4) is 0 Å². The summed E-state index contributed by atoms with van der Waals surface area (Å²) in [7, 11) is 0. The fourth-order valence-corrected chi connectivity index (χ4v) is 2.61. The monoisotopic (exact) mass is 376 g/mol. The lowest BCUT2D eigenvalue weighted by molar-refractivity contribution is -0.123. The molecule has 1 aromatic rings. The first-order valence-corrected chi connectivity index (χ1v) is 7.81. The maximum Gasteiger partial charge on any atom is 0.243 e. The number of para-hydroxylation sites is 2. The predicted octanol–water partition coefficient (Wildman–Crippen LogP) is 1.92. The van der Waals surface area contributed by atoms with Crippen LogP contribution in [0.3, 0.4) is 0 Å². The van der Waals surface area contributed by atoms with Gasteiger partial charge in [-0.2, -0.15) is 0 Å². The maximum atomic E-state index is 12.0. The molecule has 2 rings (SSSR count). The molecule has 1 fully saturated rings. The number of carbonyl (C=O) groups excluding carboxylic acids is 2. The van der Waals surface area contributed by atoms with E-state index in [4.69, 9.17) is 5.73 Å². The Morgan fingerprint density at radius 1 is 1.00 bits per heavy atom. The minimum atomic E-state index is -0.337. The maximum absolute atomic E-state index is 12.0. The number of nitrogens with two attached hydrogens (primary N) is 1. The summed E-state index contributed by atoms with van der Waals surface area (Å²) in [5.41, 5.74) is 7.03. The topological polar surface area (TPSA) is 87.5 Å². The van der Waals surface area contributed by atoms with Crippen LogP contribution in [0.25, 0.3) is 0 Å². The van der Waals surface area contributed by atoms with Gasteiger partial charge in [0.15, 0.2) is 0 Å². The van der Waals surface area contributed by atoms with Crippen molar-refractivity contribution in [2.75, 3.05) is 36.4 Å². The van der Waals surface area contributed by atoms with Crippen molar-refractivity contribution in [2.24, 2.45) is 5.73 Å². The van der Waals surface area contributed by atoms with Gasteiger partial charge in [-0.3, -0.25) is 9.59 Å². The van der Waals surface area contributed by atoms with Gasteiger partial charge in [0, 0.05) is 13.1 Å². The van der Waals surface area contributed by atoms with Crippen molar-refractivity contribution in [1.82, 2.24) is 5.32 Å². The third-order valence-electron chi connectivity index (χ3n) is 3.76. The van der Waals surface area contributed by atoms with Crippen molar-refractivity contribution < 1.29 is 9.59 Å². The molecule has 1 saturated heterocycles. The Morgan fingerprint density at radius 2 is 1.62 bits per heavy atom. The van der Waals surface area contributed by atoms with E-state index in [9.17, 15) is 9.59 Å². The predicted molar refractivity (Wildman–Crippen MR) is 102 cm³/mol. The molecule has 2 amide bonds. The van der Waals surface area contributed by atoms with Crippen molar-refractivity contribution in [2.45, 2.75) is 25.7 Å². The van der Waals surface area contributed by atoms with Crippen molar-refractivity contribution >= 4 is 48.0 Å². The van der Waals surface area contributed by atoms with Gasteiger partial charge in [0.1, 0.15) is 0 Å². The largest absolute Gasteiger partial charge is 0.370 e. The lowest BCUT2D eigenvalue weighted by atomic mass is 10.2. The minimum absolute atomic E-state index is 0. The van der Waals surface area contributed by atoms with Gasteiger partial charge in [-0.15, -0.1) is 24.8 Å². The van der Waals surface area contributed by atoms with E-state index in [0.29, 0.717) is 0 Å². The molecule has 0 unspecified atom stereocenters. The zero-order chi connectivity index (χ0) is 15.8. The van der Waals surface area contributed by atoms with E-state index >= 15 is 0 Å². The molecule has 0 spiro atoms. The average Bonchev–Trinajstić information content (AvgIpc) is 2.82. The molecule has 6 nitrogen and oxygen atoms in total. The van der Waals surface area contributed by atoms with Crippen LogP contribution in [0.2, 0.25) is 0 Å². The third kappa shape index (κ3) is 6.95. The second-order valence-corrected chi connectivity index (χ2v) is 5.45. The number of carbonyl (C=O) groups is 2. The van der Waals surface area contributed by atoms with E-state index in [2.05, 4.69) is 15.5 Å². The molecular weight excluding hydrogens is 351 g/mol. The molecule has 8 heteroatoms. The van der Waals surface area contributed by atoms with Crippen molar-refractivity contribution in [3.63, 3.8) is 0 Å². The standard InChI is InChI=1S/C16H24N4O2.2ClH/c17-11-15(21)18-12-16(22)19-13-7-3-4-8-14(13)20-9-5-1-2-6-10-20;;/h3-4,7-8H,1-2,5-6,9-12,17H2,(H,18,21)(H,19,22);2*1H. The van der Waals surface area contributed by atoms with E-state index in [1.54, 1.807) is 0 Å². The number of amides is 2. The minimum Gasteiger partial charge on any atom is -0.370 e. The van der Waals surface area contributed by atoms with Crippen LogP contribution in [-0.2, 0) is 9.59 Å². The number of benzene rings is 1. The summed E-state index contributed by atoms with van der Waals surface area (Å²) >= 11 is 0. The van der Waals surface area contributed by atoms with E-state index in [1.165, 1.54) is 25.7 Å². The zero-order valence-corrected chi connectivity index (χ0v) is 15.3. The van der Waals surface area contributed by atoms with Crippen LogP contribution in [0.5, 0.6) is 0 Å². The summed E-state index contributed by atoms with van der Waals surface area (Å²) in [5.74, 6) is -0.583. The molecule has 1 aliphatic heterocycles. The molecule has 0 saturated carbocycles. The smallest absolute Gasteiger partial charge is 0.243 e. The Balaban J connectivity index is 0.00000264. The number of anilines is 2. The Hall–Kier alpha value is -1.50. The summed E-state index contributed by atoms with van der Waals surface area (Å²) in [6.45, 7) is 1.84. The van der Waals surface area contributed by atoms with Gasteiger partial charge in [0.05, 0.1) is 24.5 Å². The van der Waals surface area contributed by atoms with Crippen LogP contribution in [0, 0.1) is 0 Å². The summed E-state index contributed by atoms with van der Waals surface area (Å²) in [4.78, 5) is 25.4. The van der Waals surface area contributed by atoms with Gasteiger partial charge < -0.3 is 21.3 Å². The molecule has 24 heavy (non-hydrogen) atoms. The summed E-state index contributed by atoms with van der Waals surface area (Å²) in [6, 6.07) is 7.80. The third-order valence-corrected chi connectivity index (χ3v) is 3.76. The first kappa shape index (κ1) is 22.5. The van der Waals surface area contributed by atoms with Crippen LogP contribution in [0.4, 0.5) is 11.4 Å². The molecule has 1 aliphatic rings. The van der Waals surface area contributed by atoms with Crippen LogP contribution >= 0.6 is 24.8 Å². The highest BCUT2D eigenvalue weighted by atomic mass is 35.5. The van der Waals surface area contributed by atoms with Crippen LogP contribution in [0.15, 0.2) is 24.3 Å². The Bertz CT molecular complexity index is 521. The van der Waals surface area contributed by atoms with Crippen molar-refractivity contribution in [1.29, 1.82) is 0 Å². The van der Waals surface area contributed by atoms with Gasteiger partial charge >= 0.3 is 0 Å². The fraction of sp³-hybridized carbons (Fsp3) is 0.500. The SMILES string of the molecule is Cl.Cl.NCC(=O)NCC(=O)Nc1ccccc1N1CCCCCC1. The Labute approximate surface area is 155 Å². The highest BCUT2D eigenvalue weighted by molar-refractivity contribution is 5.97. The molecule has 0 radical (unpaired) electrons. The number of nitrogens with one attached hydrogen (secondary N) is 2. The highest BCUT2D eigenvalue weighted by Crippen LogP contribution is 2.27. The number of hydrogen-bond acceptors (Lipinski definition) is 4. The average molecular weight is 377 g/mol. The normalized spacial score (nSPS) is 13.8. The number of nitrogens with zero attached hydrogens (tertiary/aromatic N) is 1. The van der Waals surface area contributed by atoms with Crippen LogP contribution in [-0.4, -0.2) is 38.0 Å². The highest BCUT2D eigenvalue weighted by Gasteiger charge is 2.14. The molecule has 136 valence electrons. The van der Waals surface area contributed by atoms with E-state index < -0.39 is 0 Å². The lowest BCUT2D eigenvalue weighted by Gasteiger charge is -2.25. The molecule has 0 aliphatic carbocycles. The van der Waals surface area contributed by atoms with Gasteiger partial charge in [0.25, 0.3) is 0 Å². The number of rotatable bonds is 5. The molecule has 1 aromatic carbocycles. The second kappa shape index (κ2) is 11.9. The molecule has 0 aromatic heterocycles. The summed E-state index contributed by atoms with van der Waals surface area (Å²) in [5, 5.41) is 5.34. The van der Waals surface area contributed by atoms with Crippen LogP contribution in [0.1, 0.15) is 25.7 Å². The van der Waals surface area contributed by atoms with Gasteiger partial charge in [-0.05, 0) is 25.0 Å². The molecule has 0 atom stereocenters. The fourth-order valence-electron chi connectivity index (χ4n) is 2.61. The quantitative estimate of drug-likeness (QED) is 0.732.